The Balaban J connectivity index is 1.83. The van der Waals surface area contributed by atoms with Crippen LogP contribution in [0.5, 0.6) is 11.5 Å². The molecular weight excluding hydrogens is 322 g/mol. The molecule has 1 fully saturated rings. The van der Waals surface area contributed by atoms with Gasteiger partial charge in [-0.25, -0.2) is 5.43 Å². The molecule has 2 rings (SSSR count). The van der Waals surface area contributed by atoms with Gasteiger partial charge in [-0.1, -0.05) is 25.3 Å². The van der Waals surface area contributed by atoms with Gasteiger partial charge in [0.25, 0.3) is 0 Å². The Bertz CT molecular complexity index is 625. The molecule has 7 nitrogen and oxygen atoms in total. The van der Waals surface area contributed by atoms with Crippen molar-refractivity contribution in [2.75, 3.05) is 14.2 Å². The number of rotatable bonds is 7. The molecule has 0 aromatic heterocycles. The van der Waals surface area contributed by atoms with E-state index in [4.69, 9.17) is 9.47 Å². The number of nitrogens with one attached hydrogen (secondary N) is 2. The highest BCUT2D eigenvalue weighted by Gasteiger charge is 2.17. The van der Waals surface area contributed by atoms with Gasteiger partial charge in [0.2, 0.25) is 11.8 Å². The number of ether oxygens (including phenoxy) is 2. The zero-order chi connectivity index (χ0) is 18.1. The van der Waals surface area contributed by atoms with Crippen molar-refractivity contribution in [2.45, 2.75) is 44.6 Å². The van der Waals surface area contributed by atoms with E-state index in [0.717, 1.165) is 25.7 Å². The molecule has 1 aliphatic carbocycles. The lowest BCUT2D eigenvalue weighted by Crippen LogP contribution is -2.38. The first-order chi connectivity index (χ1) is 12.1. The Morgan fingerprint density at radius 1 is 1.16 bits per heavy atom. The summed E-state index contributed by atoms with van der Waals surface area (Å²) in [5.41, 5.74) is 3.02. The minimum atomic E-state index is -0.452. The molecule has 0 spiro atoms. The van der Waals surface area contributed by atoms with E-state index >= 15 is 0 Å². The first kappa shape index (κ1) is 18.8. The van der Waals surface area contributed by atoms with Crippen LogP contribution < -0.4 is 20.2 Å². The van der Waals surface area contributed by atoms with E-state index in [1.807, 2.05) is 0 Å². The molecule has 136 valence electrons. The van der Waals surface area contributed by atoms with Crippen LogP contribution in [0.1, 0.15) is 44.1 Å². The topological polar surface area (TPSA) is 89.0 Å². The number of para-hydroxylation sites is 1. The van der Waals surface area contributed by atoms with E-state index in [2.05, 4.69) is 15.8 Å². The third-order valence-electron chi connectivity index (χ3n) is 4.12. The van der Waals surface area contributed by atoms with Crippen LogP contribution in [0.2, 0.25) is 0 Å². The van der Waals surface area contributed by atoms with Gasteiger partial charge in [0, 0.05) is 11.6 Å². The van der Waals surface area contributed by atoms with Gasteiger partial charge in [0.15, 0.2) is 11.5 Å². The average Bonchev–Trinajstić information content (AvgIpc) is 2.62. The summed E-state index contributed by atoms with van der Waals surface area (Å²) in [6.07, 6.45) is 6.67. The Morgan fingerprint density at radius 3 is 2.60 bits per heavy atom. The quantitative estimate of drug-likeness (QED) is 0.448. The molecule has 0 atom stereocenters. The fourth-order valence-electron chi connectivity index (χ4n) is 2.90. The summed E-state index contributed by atoms with van der Waals surface area (Å²) in [5.74, 6) is 0.382. The number of hydrogen-bond acceptors (Lipinski definition) is 5. The lowest BCUT2D eigenvalue weighted by molar-refractivity contribution is -0.129. The number of methoxy groups -OCH3 is 2. The Morgan fingerprint density at radius 2 is 1.92 bits per heavy atom. The van der Waals surface area contributed by atoms with Gasteiger partial charge in [-0.15, -0.1) is 0 Å². The van der Waals surface area contributed by atoms with Crippen LogP contribution in [-0.2, 0) is 9.59 Å². The van der Waals surface area contributed by atoms with E-state index in [9.17, 15) is 9.59 Å². The fraction of sp³-hybridized carbons (Fsp3) is 0.500. The number of carbonyl (C=O) groups is 2. The maximum atomic E-state index is 11.9. The highest BCUT2D eigenvalue weighted by Crippen LogP contribution is 2.29. The SMILES string of the molecule is COc1cccc(/C=N\NC(=O)CC(=O)NC2CCCCC2)c1OC. The van der Waals surface area contributed by atoms with Crippen LogP contribution in [0.4, 0.5) is 0 Å². The van der Waals surface area contributed by atoms with Crippen molar-refractivity contribution in [2.24, 2.45) is 5.10 Å². The van der Waals surface area contributed by atoms with Gasteiger partial charge in [0.1, 0.15) is 6.42 Å². The minimum Gasteiger partial charge on any atom is -0.493 e. The average molecular weight is 347 g/mol. The van der Waals surface area contributed by atoms with Crippen LogP contribution >= 0.6 is 0 Å². The summed E-state index contributed by atoms with van der Waals surface area (Å²) in [4.78, 5) is 23.7. The summed E-state index contributed by atoms with van der Waals surface area (Å²) in [5, 5.41) is 6.79. The van der Waals surface area contributed by atoms with Crippen molar-refractivity contribution in [1.29, 1.82) is 0 Å². The monoisotopic (exact) mass is 347 g/mol. The second-order valence-electron chi connectivity index (χ2n) is 5.96. The molecule has 0 heterocycles. The van der Waals surface area contributed by atoms with Crippen molar-refractivity contribution < 1.29 is 19.1 Å². The van der Waals surface area contributed by atoms with Crippen molar-refractivity contribution in [3.63, 3.8) is 0 Å². The number of carbonyl (C=O) groups excluding carboxylic acids is 2. The summed E-state index contributed by atoms with van der Waals surface area (Å²) < 4.78 is 10.5. The minimum absolute atomic E-state index is 0.193. The molecule has 0 radical (unpaired) electrons. The van der Waals surface area contributed by atoms with Crippen molar-refractivity contribution in [1.82, 2.24) is 10.7 Å². The highest BCUT2D eigenvalue weighted by molar-refractivity contribution is 5.97. The zero-order valence-electron chi connectivity index (χ0n) is 14.7. The summed E-state index contributed by atoms with van der Waals surface area (Å²) >= 11 is 0. The molecule has 7 heteroatoms. The van der Waals surface area contributed by atoms with E-state index in [-0.39, 0.29) is 18.4 Å². The van der Waals surface area contributed by atoms with Gasteiger partial charge in [-0.3, -0.25) is 9.59 Å². The summed E-state index contributed by atoms with van der Waals surface area (Å²) in [6, 6.07) is 5.54. The molecule has 1 saturated carbocycles. The first-order valence-electron chi connectivity index (χ1n) is 8.46. The van der Waals surface area contributed by atoms with Gasteiger partial charge >= 0.3 is 0 Å². The van der Waals surface area contributed by atoms with Crippen LogP contribution in [0.15, 0.2) is 23.3 Å². The van der Waals surface area contributed by atoms with Crippen molar-refractivity contribution in [3.05, 3.63) is 23.8 Å². The van der Waals surface area contributed by atoms with E-state index in [1.54, 1.807) is 25.3 Å². The Hall–Kier alpha value is -2.57. The van der Waals surface area contributed by atoms with Crippen LogP contribution in [0, 0.1) is 0 Å². The maximum Gasteiger partial charge on any atom is 0.249 e. The summed E-state index contributed by atoms with van der Waals surface area (Å²) in [7, 11) is 3.08. The molecule has 0 bridgehead atoms. The maximum absolute atomic E-state index is 11.9. The largest absolute Gasteiger partial charge is 0.493 e. The predicted molar refractivity (Wildman–Crippen MR) is 94.9 cm³/mol. The first-order valence-corrected chi connectivity index (χ1v) is 8.46. The summed E-state index contributed by atoms with van der Waals surface area (Å²) in [6.45, 7) is 0. The second kappa shape index (κ2) is 9.66. The molecule has 0 unspecified atom stereocenters. The van der Waals surface area contributed by atoms with Crippen molar-refractivity contribution in [3.8, 4) is 11.5 Å². The Kier molecular flexibility index (Phi) is 7.25. The molecule has 1 aliphatic rings. The van der Waals surface area contributed by atoms with E-state index in [1.165, 1.54) is 19.7 Å². The van der Waals surface area contributed by atoms with Crippen LogP contribution in [0.3, 0.4) is 0 Å². The lowest BCUT2D eigenvalue weighted by Gasteiger charge is -2.22. The van der Waals surface area contributed by atoms with Gasteiger partial charge in [-0.2, -0.15) is 5.10 Å². The lowest BCUT2D eigenvalue weighted by atomic mass is 9.95. The number of nitrogens with zero attached hydrogens (tertiary/aromatic N) is 1. The van der Waals surface area contributed by atoms with E-state index in [0.29, 0.717) is 17.1 Å². The number of benzene rings is 1. The molecule has 2 amide bonds. The smallest absolute Gasteiger partial charge is 0.249 e. The molecule has 2 N–H and O–H groups in total. The van der Waals surface area contributed by atoms with E-state index < -0.39 is 5.91 Å². The second-order valence-corrected chi connectivity index (χ2v) is 5.96. The fourth-order valence-corrected chi connectivity index (χ4v) is 2.90. The van der Waals surface area contributed by atoms with Gasteiger partial charge in [0.05, 0.1) is 20.4 Å². The van der Waals surface area contributed by atoms with Crippen LogP contribution in [-0.4, -0.2) is 38.3 Å². The third-order valence-corrected chi connectivity index (χ3v) is 4.12. The number of hydrazone groups is 1. The van der Waals surface area contributed by atoms with Gasteiger partial charge in [-0.05, 0) is 25.0 Å². The normalized spacial score (nSPS) is 15.0. The molecule has 1 aromatic carbocycles. The van der Waals surface area contributed by atoms with Crippen molar-refractivity contribution >= 4 is 18.0 Å². The molecule has 25 heavy (non-hydrogen) atoms. The number of amides is 2. The Labute approximate surface area is 147 Å². The zero-order valence-corrected chi connectivity index (χ0v) is 14.7. The molecular formula is C18H25N3O4. The predicted octanol–water partition coefficient (Wildman–Crippen LogP) is 1.99. The highest BCUT2D eigenvalue weighted by atomic mass is 16.5. The molecule has 0 aliphatic heterocycles. The van der Waals surface area contributed by atoms with Gasteiger partial charge < -0.3 is 14.8 Å². The van der Waals surface area contributed by atoms with Crippen LogP contribution in [0.25, 0.3) is 0 Å². The third kappa shape index (κ3) is 5.77. The standard InChI is InChI=1S/C18H25N3O4/c1-24-15-10-6-7-13(18(15)25-2)12-19-21-17(23)11-16(22)20-14-8-4-3-5-9-14/h6-7,10,12,14H,3-5,8-9,11H2,1-2H3,(H,20,22)(H,21,23)/b19-12-. The molecule has 0 saturated heterocycles. The number of hydrogen-bond donors (Lipinski definition) is 2. The molecule has 1 aromatic rings.